The van der Waals surface area contributed by atoms with Crippen LogP contribution in [0.5, 0.6) is 0 Å². The summed E-state index contributed by atoms with van der Waals surface area (Å²) in [5, 5.41) is 9.43. The molecule has 2 saturated heterocycles. The van der Waals surface area contributed by atoms with Gasteiger partial charge in [-0.15, -0.1) is 0 Å². The Kier molecular flexibility index (Phi) is 5.26. The van der Waals surface area contributed by atoms with Gasteiger partial charge in [0.1, 0.15) is 6.33 Å². The minimum absolute atomic E-state index is 0.178. The number of hydrogen-bond donors (Lipinski definition) is 1. The lowest BCUT2D eigenvalue weighted by Gasteiger charge is -2.36. The maximum atomic E-state index is 9.43. The fourth-order valence-electron chi connectivity index (χ4n) is 3.58. The summed E-state index contributed by atoms with van der Waals surface area (Å²) in [5.74, 6) is 1.93. The second kappa shape index (κ2) is 7.96. The van der Waals surface area contributed by atoms with Crippen LogP contribution in [0.25, 0.3) is 5.95 Å². The Balaban J connectivity index is 1.71. The highest BCUT2D eigenvalue weighted by Crippen LogP contribution is 2.26. The van der Waals surface area contributed by atoms with E-state index in [0.29, 0.717) is 31.1 Å². The molecule has 2 aromatic heterocycles. The average Bonchev–Trinajstić information content (AvgIpc) is 3.24. The molecule has 4 rings (SSSR count). The van der Waals surface area contributed by atoms with Crippen molar-refractivity contribution in [3.8, 4) is 5.95 Å². The van der Waals surface area contributed by atoms with Crippen LogP contribution in [-0.2, 0) is 4.74 Å². The van der Waals surface area contributed by atoms with Gasteiger partial charge in [0.2, 0.25) is 17.8 Å². The lowest BCUT2D eigenvalue weighted by molar-refractivity contribution is 0.122. The molecule has 0 aliphatic carbocycles. The Labute approximate surface area is 152 Å². The van der Waals surface area contributed by atoms with E-state index in [9.17, 15) is 5.11 Å². The maximum Gasteiger partial charge on any atom is 0.241 e. The zero-order valence-electron chi connectivity index (χ0n) is 14.9. The van der Waals surface area contributed by atoms with E-state index in [0.717, 1.165) is 38.9 Å². The number of aliphatic hydroxyl groups is 1. The molecule has 0 saturated carbocycles. The third-order valence-corrected chi connectivity index (χ3v) is 4.98. The van der Waals surface area contributed by atoms with Crippen molar-refractivity contribution in [1.29, 1.82) is 0 Å². The van der Waals surface area contributed by atoms with Gasteiger partial charge in [-0.25, -0.2) is 4.98 Å². The predicted octanol–water partition coefficient (Wildman–Crippen LogP) is 0.635. The Morgan fingerprint density at radius 2 is 1.85 bits per heavy atom. The number of imidazole rings is 1. The molecule has 26 heavy (non-hydrogen) atoms. The van der Waals surface area contributed by atoms with E-state index in [1.807, 2.05) is 6.20 Å². The van der Waals surface area contributed by atoms with Crippen LogP contribution in [0, 0.1) is 0 Å². The van der Waals surface area contributed by atoms with Gasteiger partial charge >= 0.3 is 0 Å². The maximum absolute atomic E-state index is 9.43. The van der Waals surface area contributed by atoms with E-state index < -0.39 is 0 Å². The molecule has 1 atom stereocenters. The number of nitrogens with zero attached hydrogens (tertiary/aromatic N) is 7. The molecule has 2 fully saturated rings. The Hall–Kier alpha value is -2.26. The summed E-state index contributed by atoms with van der Waals surface area (Å²) < 4.78 is 7.26. The first-order chi connectivity index (χ1) is 12.8. The smallest absolute Gasteiger partial charge is 0.241 e. The van der Waals surface area contributed by atoms with Gasteiger partial charge in [0.15, 0.2) is 0 Å². The lowest BCUT2D eigenvalue weighted by atomic mass is 10.0. The molecule has 1 N–H and O–H groups in total. The molecule has 9 nitrogen and oxygen atoms in total. The van der Waals surface area contributed by atoms with Crippen molar-refractivity contribution in [3.63, 3.8) is 0 Å². The van der Waals surface area contributed by atoms with Gasteiger partial charge in [-0.05, 0) is 25.7 Å². The molecule has 0 amide bonds. The number of piperidine rings is 1. The molecular weight excluding hydrogens is 334 g/mol. The number of anilines is 2. The standard InChI is InChI=1S/C17H25N7O2/c25-10-4-14-3-1-2-6-24(14)17-20-15(22-8-11-26-12-9-22)19-16(21-17)23-7-5-18-13-23/h5,7,13-14,25H,1-4,6,8-12H2. The van der Waals surface area contributed by atoms with Gasteiger partial charge in [-0.1, -0.05) is 0 Å². The minimum Gasteiger partial charge on any atom is -0.396 e. The van der Waals surface area contributed by atoms with Crippen molar-refractivity contribution in [3.05, 3.63) is 18.7 Å². The van der Waals surface area contributed by atoms with Gasteiger partial charge in [0.05, 0.1) is 13.2 Å². The molecule has 9 heteroatoms. The quantitative estimate of drug-likeness (QED) is 0.831. The van der Waals surface area contributed by atoms with Crippen molar-refractivity contribution < 1.29 is 9.84 Å². The van der Waals surface area contributed by atoms with Crippen LogP contribution in [0.4, 0.5) is 11.9 Å². The summed E-state index contributed by atoms with van der Waals surface area (Å²) in [7, 11) is 0. The third kappa shape index (κ3) is 3.63. The normalized spacial score (nSPS) is 21.2. The van der Waals surface area contributed by atoms with Crippen molar-refractivity contribution in [1.82, 2.24) is 24.5 Å². The van der Waals surface area contributed by atoms with Crippen LogP contribution in [0.1, 0.15) is 25.7 Å². The van der Waals surface area contributed by atoms with Gasteiger partial charge in [0, 0.05) is 44.7 Å². The van der Waals surface area contributed by atoms with Crippen LogP contribution < -0.4 is 9.80 Å². The molecule has 4 heterocycles. The van der Waals surface area contributed by atoms with Gasteiger partial charge in [0.25, 0.3) is 0 Å². The molecule has 0 radical (unpaired) electrons. The molecular formula is C17H25N7O2. The van der Waals surface area contributed by atoms with Crippen molar-refractivity contribution in [2.45, 2.75) is 31.7 Å². The second-order valence-electron chi connectivity index (χ2n) is 6.66. The van der Waals surface area contributed by atoms with Crippen molar-refractivity contribution in [2.75, 3.05) is 49.3 Å². The van der Waals surface area contributed by atoms with E-state index in [4.69, 9.17) is 14.7 Å². The average molecular weight is 359 g/mol. The number of aliphatic hydroxyl groups excluding tert-OH is 1. The lowest BCUT2D eigenvalue weighted by Crippen LogP contribution is -2.42. The fraction of sp³-hybridized carbons (Fsp3) is 0.647. The topological polar surface area (TPSA) is 92.4 Å². The van der Waals surface area contributed by atoms with Gasteiger partial charge < -0.3 is 19.6 Å². The molecule has 140 valence electrons. The zero-order chi connectivity index (χ0) is 17.8. The van der Waals surface area contributed by atoms with E-state index in [2.05, 4.69) is 19.8 Å². The summed E-state index contributed by atoms with van der Waals surface area (Å²) in [5.41, 5.74) is 0. The largest absolute Gasteiger partial charge is 0.396 e. The Bertz CT molecular complexity index is 701. The van der Waals surface area contributed by atoms with E-state index in [1.165, 1.54) is 6.42 Å². The van der Waals surface area contributed by atoms with Gasteiger partial charge in [-0.2, -0.15) is 15.0 Å². The highest BCUT2D eigenvalue weighted by atomic mass is 16.5. The van der Waals surface area contributed by atoms with E-state index in [1.54, 1.807) is 17.1 Å². The predicted molar refractivity (Wildman–Crippen MR) is 96.7 cm³/mol. The first-order valence-electron chi connectivity index (χ1n) is 9.30. The van der Waals surface area contributed by atoms with Crippen LogP contribution in [0.3, 0.4) is 0 Å². The molecule has 1 unspecified atom stereocenters. The molecule has 2 aliphatic heterocycles. The minimum atomic E-state index is 0.178. The van der Waals surface area contributed by atoms with E-state index >= 15 is 0 Å². The summed E-state index contributed by atoms with van der Waals surface area (Å²) in [6, 6.07) is 0.268. The Morgan fingerprint density at radius 1 is 1.04 bits per heavy atom. The van der Waals surface area contributed by atoms with Crippen LogP contribution in [0.15, 0.2) is 18.7 Å². The molecule has 0 bridgehead atoms. The second-order valence-corrected chi connectivity index (χ2v) is 6.66. The SMILES string of the molecule is OCCC1CCCCN1c1nc(N2CCOCC2)nc(-n2ccnc2)n1. The van der Waals surface area contributed by atoms with Crippen LogP contribution in [0.2, 0.25) is 0 Å². The Morgan fingerprint density at radius 3 is 2.62 bits per heavy atom. The summed E-state index contributed by atoms with van der Waals surface area (Å²) in [6.45, 7) is 3.98. The molecule has 2 aliphatic rings. The number of aromatic nitrogens is 5. The van der Waals surface area contributed by atoms with Crippen LogP contribution >= 0.6 is 0 Å². The summed E-state index contributed by atoms with van der Waals surface area (Å²) in [4.78, 5) is 22.6. The fourth-order valence-corrected chi connectivity index (χ4v) is 3.58. The highest BCUT2D eigenvalue weighted by molar-refractivity contribution is 5.43. The van der Waals surface area contributed by atoms with Crippen molar-refractivity contribution >= 4 is 11.9 Å². The summed E-state index contributed by atoms with van der Waals surface area (Å²) in [6.07, 6.45) is 9.33. The van der Waals surface area contributed by atoms with Gasteiger partial charge in [-0.3, -0.25) is 4.57 Å². The van der Waals surface area contributed by atoms with Crippen molar-refractivity contribution in [2.24, 2.45) is 0 Å². The molecule has 0 spiro atoms. The number of ether oxygens (including phenoxy) is 1. The van der Waals surface area contributed by atoms with E-state index in [-0.39, 0.29) is 12.6 Å². The molecule has 2 aromatic rings. The first kappa shape index (κ1) is 17.2. The number of morpholine rings is 1. The highest BCUT2D eigenvalue weighted by Gasteiger charge is 2.26. The monoisotopic (exact) mass is 359 g/mol. The molecule has 0 aromatic carbocycles. The number of hydrogen-bond acceptors (Lipinski definition) is 8. The summed E-state index contributed by atoms with van der Waals surface area (Å²) >= 11 is 0. The first-order valence-corrected chi connectivity index (χ1v) is 9.30. The van der Waals surface area contributed by atoms with Crippen LogP contribution in [-0.4, -0.2) is 75.1 Å². The third-order valence-electron chi connectivity index (χ3n) is 4.98. The number of rotatable bonds is 5. The zero-order valence-corrected chi connectivity index (χ0v) is 14.9.